The number of nitrogens with one attached hydrogen (secondary N) is 1. The summed E-state index contributed by atoms with van der Waals surface area (Å²) in [4.78, 5) is 24.7. The molecule has 0 unspecified atom stereocenters. The van der Waals surface area contributed by atoms with Gasteiger partial charge in [-0.2, -0.15) is 0 Å². The number of anilines is 1. The van der Waals surface area contributed by atoms with Gasteiger partial charge in [0.15, 0.2) is 5.82 Å². The number of rotatable bonds is 4. The Labute approximate surface area is 138 Å². The molecule has 1 amide bonds. The maximum absolute atomic E-state index is 12.2. The molecule has 0 atom stereocenters. The predicted octanol–water partition coefficient (Wildman–Crippen LogP) is 2.94. The minimum atomic E-state index is -0.173. The molecule has 0 spiro atoms. The van der Waals surface area contributed by atoms with Gasteiger partial charge in [0.25, 0.3) is 0 Å². The molecule has 3 rings (SSSR count). The van der Waals surface area contributed by atoms with Crippen LogP contribution >= 0.6 is 11.6 Å². The minimum Gasteiger partial charge on any atom is -0.324 e. The van der Waals surface area contributed by atoms with Crippen molar-refractivity contribution in [3.8, 4) is 11.5 Å². The zero-order chi connectivity index (χ0) is 16.2. The lowest BCUT2D eigenvalue weighted by Gasteiger charge is -2.09. The lowest BCUT2D eigenvalue weighted by molar-refractivity contribution is -0.116. The van der Waals surface area contributed by atoms with E-state index < -0.39 is 0 Å². The third kappa shape index (κ3) is 3.54. The highest BCUT2D eigenvalue weighted by Gasteiger charge is 2.11. The third-order valence-corrected chi connectivity index (χ3v) is 3.68. The smallest absolute Gasteiger partial charge is 0.244 e. The van der Waals surface area contributed by atoms with Crippen LogP contribution in [0, 0.1) is 6.92 Å². The summed E-state index contributed by atoms with van der Waals surface area (Å²) in [7, 11) is 0. The van der Waals surface area contributed by atoms with Crippen LogP contribution in [-0.2, 0) is 11.3 Å². The number of carbonyl (C=O) groups is 1. The Morgan fingerprint density at radius 1 is 1.26 bits per heavy atom. The van der Waals surface area contributed by atoms with E-state index in [9.17, 15) is 4.79 Å². The second-order valence-electron chi connectivity index (χ2n) is 4.98. The minimum absolute atomic E-state index is 0.122. The van der Waals surface area contributed by atoms with Gasteiger partial charge < -0.3 is 9.88 Å². The van der Waals surface area contributed by atoms with Gasteiger partial charge in [-0.05, 0) is 24.6 Å². The van der Waals surface area contributed by atoms with E-state index in [0.717, 1.165) is 5.56 Å². The average molecular weight is 328 g/mol. The summed E-state index contributed by atoms with van der Waals surface area (Å²) < 4.78 is 1.72. The van der Waals surface area contributed by atoms with Crippen LogP contribution < -0.4 is 5.32 Å². The van der Waals surface area contributed by atoms with Gasteiger partial charge in [-0.3, -0.25) is 9.78 Å². The van der Waals surface area contributed by atoms with Crippen LogP contribution in [0.1, 0.15) is 5.56 Å². The number of hydrogen-bond acceptors (Lipinski definition) is 4. The molecule has 0 radical (unpaired) electrons. The van der Waals surface area contributed by atoms with E-state index in [1.165, 1.54) is 0 Å². The van der Waals surface area contributed by atoms with E-state index in [0.29, 0.717) is 22.2 Å². The quantitative estimate of drug-likeness (QED) is 0.799. The van der Waals surface area contributed by atoms with Crippen LogP contribution in [0.3, 0.4) is 0 Å². The molecule has 0 fully saturated rings. The van der Waals surface area contributed by atoms with Gasteiger partial charge in [-0.25, -0.2) is 9.97 Å². The van der Waals surface area contributed by atoms with Gasteiger partial charge in [0, 0.05) is 35.5 Å². The van der Waals surface area contributed by atoms with Gasteiger partial charge in [0.05, 0.1) is 6.20 Å². The second-order valence-corrected chi connectivity index (χ2v) is 5.39. The Balaban J connectivity index is 1.74. The standard InChI is InChI=1S/C16H14ClN5O/c1-11-2-3-12(8-13(11)17)21-15(23)10-22-7-6-20-16(22)14-9-18-4-5-19-14/h2-9H,10H2,1H3,(H,21,23). The highest BCUT2D eigenvalue weighted by Crippen LogP contribution is 2.20. The Morgan fingerprint density at radius 3 is 2.87 bits per heavy atom. The van der Waals surface area contributed by atoms with E-state index in [2.05, 4.69) is 20.3 Å². The number of benzene rings is 1. The number of imidazole rings is 1. The fourth-order valence-electron chi connectivity index (χ4n) is 2.11. The normalized spacial score (nSPS) is 10.5. The SMILES string of the molecule is Cc1ccc(NC(=O)Cn2ccnc2-c2cnccn2)cc1Cl. The first-order valence-electron chi connectivity index (χ1n) is 6.97. The molecule has 23 heavy (non-hydrogen) atoms. The highest BCUT2D eigenvalue weighted by molar-refractivity contribution is 6.31. The summed E-state index contributed by atoms with van der Waals surface area (Å²) >= 11 is 6.06. The number of aromatic nitrogens is 4. The molecule has 1 aromatic carbocycles. The van der Waals surface area contributed by atoms with Gasteiger partial charge in [-0.1, -0.05) is 17.7 Å². The number of carbonyl (C=O) groups excluding carboxylic acids is 1. The molecule has 0 saturated carbocycles. The van der Waals surface area contributed by atoms with Gasteiger partial charge in [0.1, 0.15) is 12.2 Å². The molecule has 2 aromatic heterocycles. The molecule has 0 aliphatic heterocycles. The van der Waals surface area contributed by atoms with Gasteiger partial charge in [-0.15, -0.1) is 0 Å². The molecule has 0 aliphatic carbocycles. The topological polar surface area (TPSA) is 72.7 Å². The Bertz CT molecular complexity index is 831. The largest absolute Gasteiger partial charge is 0.324 e. The molecule has 6 nitrogen and oxygen atoms in total. The summed E-state index contributed by atoms with van der Waals surface area (Å²) in [5.41, 5.74) is 2.24. The number of amides is 1. The Hall–Kier alpha value is -2.73. The van der Waals surface area contributed by atoms with Crippen molar-refractivity contribution in [1.82, 2.24) is 19.5 Å². The first-order valence-corrected chi connectivity index (χ1v) is 7.35. The average Bonchev–Trinajstić information content (AvgIpc) is 3.00. The molecule has 0 aliphatic rings. The Morgan fingerprint density at radius 2 is 2.13 bits per heavy atom. The van der Waals surface area contributed by atoms with Crippen LogP contribution in [0.2, 0.25) is 5.02 Å². The highest BCUT2D eigenvalue weighted by atomic mass is 35.5. The van der Waals surface area contributed by atoms with Crippen LogP contribution in [0.15, 0.2) is 49.2 Å². The van der Waals surface area contributed by atoms with Gasteiger partial charge >= 0.3 is 0 Å². The van der Waals surface area contributed by atoms with Crippen molar-refractivity contribution in [2.24, 2.45) is 0 Å². The summed E-state index contributed by atoms with van der Waals surface area (Å²) in [5.74, 6) is 0.420. The number of halogens is 1. The van der Waals surface area contributed by atoms with Crippen LogP contribution in [-0.4, -0.2) is 25.4 Å². The monoisotopic (exact) mass is 327 g/mol. The molecule has 0 bridgehead atoms. The van der Waals surface area contributed by atoms with Crippen LogP contribution in [0.4, 0.5) is 5.69 Å². The van der Waals surface area contributed by atoms with Crippen molar-refractivity contribution in [3.63, 3.8) is 0 Å². The van der Waals surface area contributed by atoms with Crippen molar-refractivity contribution in [1.29, 1.82) is 0 Å². The number of hydrogen-bond donors (Lipinski definition) is 1. The van der Waals surface area contributed by atoms with E-state index in [4.69, 9.17) is 11.6 Å². The molecule has 0 saturated heterocycles. The zero-order valence-electron chi connectivity index (χ0n) is 12.4. The first kappa shape index (κ1) is 15.2. The fourth-order valence-corrected chi connectivity index (χ4v) is 2.29. The van der Waals surface area contributed by atoms with Crippen molar-refractivity contribution >= 4 is 23.2 Å². The maximum Gasteiger partial charge on any atom is 0.244 e. The maximum atomic E-state index is 12.2. The van der Waals surface area contributed by atoms with Gasteiger partial charge in [0.2, 0.25) is 5.91 Å². The van der Waals surface area contributed by atoms with E-state index >= 15 is 0 Å². The molecule has 7 heteroatoms. The lowest BCUT2D eigenvalue weighted by atomic mass is 10.2. The molecule has 2 heterocycles. The fraction of sp³-hybridized carbons (Fsp3) is 0.125. The first-order chi connectivity index (χ1) is 11.1. The van der Waals surface area contributed by atoms with Crippen LogP contribution in [0.5, 0.6) is 0 Å². The molecular formula is C16H14ClN5O. The van der Waals surface area contributed by atoms with Crippen molar-refractivity contribution in [3.05, 3.63) is 59.8 Å². The van der Waals surface area contributed by atoms with Crippen molar-refractivity contribution in [2.45, 2.75) is 13.5 Å². The summed E-state index contributed by atoms with van der Waals surface area (Å²) in [6, 6.07) is 5.41. The Kier molecular flexibility index (Phi) is 4.34. The lowest BCUT2D eigenvalue weighted by Crippen LogP contribution is -2.19. The summed E-state index contributed by atoms with van der Waals surface area (Å²) in [6.45, 7) is 2.03. The summed E-state index contributed by atoms with van der Waals surface area (Å²) in [6.07, 6.45) is 8.13. The number of nitrogens with zero attached hydrogens (tertiary/aromatic N) is 4. The van der Waals surface area contributed by atoms with E-state index in [1.54, 1.807) is 41.6 Å². The van der Waals surface area contributed by atoms with Crippen molar-refractivity contribution < 1.29 is 4.79 Å². The third-order valence-electron chi connectivity index (χ3n) is 3.28. The second kappa shape index (κ2) is 6.58. The molecule has 116 valence electrons. The van der Waals surface area contributed by atoms with Crippen molar-refractivity contribution in [2.75, 3.05) is 5.32 Å². The van der Waals surface area contributed by atoms with Crippen LogP contribution in [0.25, 0.3) is 11.5 Å². The molecule has 1 N–H and O–H groups in total. The summed E-state index contributed by atoms with van der Waals surface area (Å²) in [5, 5.41) is 3.44. The zero-order valence-corrected chi connectivity index (χ0v) is 13.2. The predicted molar refractivity (Wildman–Crippen MR) is 88.1 cm³/mol. The molecule has 3 aromatic rings. The van der Waals surface area contributed by atoms with E-state index in [1.807, 2.05) is 19.1 Å². The number of aryl methyl sites for hydroxylation is 1. The molecular weight excluding hydrogens is 314 g/mol. The van der Waals surface area contributed by atoms with E-state index in [-0.39, 0.29) is 12.5 Å².